The second-order valence-corrected chi connectivity index (χ2v) is 10.3. The van der Waals surface area contributed by atoms with Crippen LogP contribution in [0.4, 0.5) is 19.7 Å². The van der Waals surface area contributed by atoms with Gasteiger partial charge in [0.2, 0.25) is 5.91 Å². The van der Waals surface area contributed by atoms with Gasteiger partial charge in [-0.2, -0.15) is 5.26 Å². The van der Waals surface area contributed by atoms with Gasteiger partial charge in [-0.3, -0.25) is 4.79 Å². The standard InChI is InChI=1S/C26H21F2N7OS/c1-2-18(36)34-7-9-35(10-8-34)24-15-11-16(26(12-29)5-6-26)19(20(28)21(15)31-13-32-24)14-3-4-17(27)23-22(14)33-25(30)37-23/h2-4,11,13H,1,5-10H2,(H2,30,33). The molecular weight excluding hydrogens is 496 g/mol. The van der Waals surface area contributed by atoms with Crippen molar-refractivity contribution in [2.24, 2.45) is 0 Å². The summed E-state index contributed by atoms with van der Waals surface area (Å²) in [5.74, 6) is -0.699. The number of nitrogens with two attached hydrogens (primary N) is 1. The maximum atomic E-state index is 16.5. The molecule has 3 heterocycles. The molecule has 11 heteroatoms. The molecule has 1 aliphatic carbocycles. The molecular formula is C26H21F2N7OS. The predicted molar refractivity (Wildman–Crippen MR) is 138 cm³/mol. The van der Waals surface area contributed by atoms with Gasteiger partial charge in [-0.15, -0.1) is 0 Å². The molecule has 2 aromatic heterocycles. The third-order valence-corrected chi connectivity index (χ3v) is 8.07. The van der Waals surface area contributed by atoms with Gasteiger partial charge in [0.15, 0.2) is 10.9 Å². The number of thiazole rings is 1. The van der Waals surface area contributed by atoms with E-state index in [0.717, 1.165) is 11.3 Å². The number of carbonyl (C=O) groups is 1. The first-order chi connectivity index (χ1) is 17.9. The van der Waals surface area contributed by atoms with E-state index in [9.17, 15) is 14.4 Å². The minimum Gasteiger partial charge on any atom is -0.375 e. The first-order valence-electron chi connectivity index (χ1n) is 11.8. The van der Waals surface area contributed by atoms with Gasteiger partial charge in [-0.05, 0) is 42.7 Å². The average Bonchev–Trinajstić information content (AvgIpc) is 3.62. The molecule has 186 valence electrons. The summed E-state index contributed by atoms with van der Waals surface area (Å²) < 4.78 is 31.2. The molecule has 1 saturated carbocycles. The fourth-order valence-corrected chi connectivity index (χ4v) is 5.83. The maximum absolute atomic E-state index is 16.5. The van der Waals surface area contributed by atoms with Gasteiger partial charge in [0, 0.05) is 42.7 Å². The second-order valence-electron chi connectivity index (χ2n) is 9.24. The fourth-order valence-electron chi connectivity index (χ4n) is 5.07. The number of piperazine rings is 1. The van der Waals surface area contributed by atoms with Crippen molar-refractivity contribution in [3.8, 4) is 17.2 Å². The molecule has 0 spiro atoms. The van der Waals surface area contributed by atoms with Crippen molar-refractivity contribution in [1.29, 1.82) is 5.26 Å². The quantitative estimate of drug-likeness (QED) is 0.405. The van der Waals surface area contributed by atoms with E-state index < -0.39 is 17.0 Å². The van der Waals surface area contributed by atoms with Crippen LogP contribution in [0.25, 0.3) is 32.2 Å². The van der Waals surface area contributed by atoms with Crippen LogP contribution in [0.1, 0.15) is 18.4 Å². The molecule has 2 aromatic carbocycles. The summed E-state index contributed by atoms with van der Waals surface area (Å²) in [6.45, 7) is 5.51. The first-order valence-corrected chi connectivity index (χ1v) is 12.6. The van der Waals surface area contributed by atoms with Crippen molar-refractivity contribution in [3.05, 3.63) is 54.4 Å². The zero-order valence-electron chi connectivity index (χ0n) is 19.7. The van der Waals surface area contributed by atoms with Crippen molar-refractivity contribution in [3.63, 3.8) is 0 Å². The van der Waals surface area contributed by atoms with Gasteiger partial charge in [0.25, 0.3) is 0 Å². The number of fused-ring (bicyclic) bond motifs is 2. The van der Waals surface area contributed by atoms with Gasteiger partial charge in [-0.1, -0.05) is 17.9 Å². The highest BCUT2D eigenvalue weighted by Crippen LogP contribution is 2.53. The molecule has 1 saturated heterocycles. The van der Waals surface area contributed by atoms with Crippen LogP contribution in [0.15, 0.2) is 37.2 Å². The molecule has 2 aliphatic rings. The lowest BCUT2D eigenvalue weighted by Crippen LogP contribution is -2.48. The van der Waals surface area contributed by atoms with Crippen molar-refractivity contribution in [2.45, 2.75) is 18.3 Å². The van der Waals surface area contributed by atoms with Crippen LogP contribution in [0.5, 0.6) is 0 Å². The van der Waals surface area contributed by atoms with Gasteiger partial charge in [-0.25, -0.2) is 23.7 Å². The summed E-state index contributed by atoms with van der Waals surface area (Å²) in [6, 6.07) is 6.92. The van der Waals surface area contributed by atoms with Crippen molar-refractivity contribution < 1.29 is 13.6 Å². The lowest BCUT2D eigenvalue weighted by atomic mass is 9.86. The lowest BCUT2D eigenvalue weighted by molar-refractivity contribution is -0.126. The molecule has 6 rings (SSSR count). The molecule has 0 unspecified atom stereocenters. The number of benzene rings is 2. The normalized spacial score (nSPS) is 16.7. The van der Waals surface area contributed by atoms with Crippen LogP contribution in [0.2, 0.25) is 0 Å². The van der Waals surface area contributed by atoms with E-state index in [1.165, 1.54) is 24.5 Å². The Morgan fingerprint density at radius 2 is 1.95 bits per heavy atom. The summed E-state index contributed by atoms with van der Waals surface area (Å²) in [6.07, 6.45) is 3.76. The Labute approximate surface area is 214 Å². The second kappa shape index (κ2) is 8.45. The lowest BCUT2D eigenvalue weighted by Gasteiger charge is -2.35. The molecule has 37 heavy (non-hydrogen) atoms. The van der Waals surface area contributed by atoms with Gasteiger partial charge in [0.1, 0.15) is 23.5 Å². The minimum atomic E-state index is -0.866. The molecule has 4 aromatic rings. The highest BCUT2D eigenvalue weighted by Gasteiger charge is 2.48. The van der Waals surface area contributed by atoms with Crippen molar-refractivity contribution in [1.82, 2.24) is 19.9 Å². The smallest absolute Gasteiger partial charge is 0.246 e. The molecule has 2 N–H and O–H groups in total. The number of carbonyl (C=O) groups excluding carboxylic acids is 1. The van der Waals surface area contributed by atoms with Crippen molar-refractivity contribution in [2.75, 3.05) is 36.8 Å². The largest absolute Gasteiger partial charge is 0.375 e. The Hall–Kier alpha value is -4.17. The Morgan fingerprint density at radius 3 is 2.62 bits per heavy atom. The Bertz CT molecular complexity index is 1650. The predicted octanol–water partition coefficient (Wildman–Crippen LogP) is 4.16. The number of rotatable bonds is 4. The number of amides is 1. The van der Waals surface area contributed by atoms with Gasteiger partial charge < -0.3 is 15.5 Å². The van der Waals surface area contributed by atoms with E-state index in [4.69, 9.17) is 5.73 Å². The molecule has 8 nitrogen and oxygen atoms in total. The molecule has 1 amide bonds. The SMILES string of the molecule is C=CC(=O)N1CCN(c2ncnc3c(F)c(-c4ccc(F)c5sc(N)nc45)c(C4(C#N)CC4)cc23)CC1. The van der Waals surface area contributed by atoms with Crippen LogP contribution < -0.4 is 10.6 Å². The monoisotopic (exact) mass is 517 g/mol. The van der Waals surface area contributed by atoms with Crippen LogP contribution in [-0.2, 0) is 10.2 Å². The van der Waals surface area contributed by atoms with Gasteiger partial charge >= 0.3 is 0 Å². The first kappa shape index (κ1) is 23.2. The number of anilines is 2. The topological polar surface area (TPSA) is 112 Å². The van der Waals surface area contributed by atoms with Crippen LogP contribution >= 0.6 is 11.3 Å². The third-order valence-electron chi connectivity index (χ3n) is 7.17. The van der Waals surface area contributed by atoms with Crippen LogP contribution in [0.3, 0.4) is 0 Å². The minimum absolute atomic E-state index is 0.0998. The summed E-state index contributed by atoms with van der Waals surface area (Å²) in [7, 11) is 0. The van der Waals surface area contributed by atoms with E-state index in [1.54, 1.807) is 11.0 Å². The fraction of sp³-hybridized carbons (Fsp3) is 0.269. The van der Waals surface area contributed by atoms with Crippen molar-refractivity contribution >= 4 is 49.3 Å². The number of hydrogen-bond donors (Lipinski definition) is 1. The van der Waals surface area contributed by atoms with Gasteiger partial charge in [0.05, 0.1) is 21.7 Å². The summed E-state index contributed by atoms with van der Waals surface area (Å²) in [5, 5.41) is 10.7. The third kappa shape index (κ3) is 3.59. The number of nitrogens with zero attached hydrogens (tertiary/aromatic N) is 6. The Morgan fingerprint density at radius 1 is 1.19 bits per heavy atom. The maximum Gasteiger partial charge on any atom is 0.246 e. The summed E-state index contributed by atoms with van der Waals surface area (Å²) >= 11 is 0.995. The zero-order chi connectivity index (χ0) is 25.9. The number of nitriles is 1. The Kier molecular flexibility index (Phi) is 5.31. The molecule has 1 aliphatic heterocycles. The number of aromatic nitrogens is 3. The van der Waals surface area contributed by atoms with E-state index in [2.05, 4.69) is 27.6 Å². The van der Waals surface area contributed by atoms with Crippen LogP contribution in [0, 0.1) is 23.0 Å². The zero-order valence-corrected chi connectivity index (χ0v) is 20.5. The average molecular weight is 518 g/mol. The number of hydrogen-bond acceptors (Lipinski definition) is 8. The summed E-state index contributed by atoms with van der Waals surface area (Å²) in [4.78, 5) is 28.7. The molecule has 0 bridgehead atoms. The molecule has 0 radical (unpaired) electrons. The number of nitrogen functional groups attached to an aromatic ring is 1. The molecule has 0 atom stereocenters. The Balaban J connectivity index is 1.56. The van der Waals surface area contributed by atoms with E-state index in [1.807, 2.05) is 4.90 Å². The van der Waals surface area contributed by atoms with E-state index in [-0.39, 0.29) is 32.3 Å². The summed E-state index contributed by atoms with van der Waals surface area (Å²) in [5.41, 5.74) is 6.44. The van der Waals surface area contributed by atoms with Crippen LogP contribution in [-0.4, -0.2) is 51.9 Å². The van der Waals surface area contributed by atoms with E-state index >= 15 is 4.39 Å². The highest BCUT2D eigenvalue weighted by molar-refractivity contribution is 7.22. The highest BCUT2D eigenvalue weighted by atomic mass is 32.1. The van der Waals surface area contributed by atoms with E-state index in [0.29, 0.717) is 61.4 Å². The number of halogens is 2. The molecule has 2 fully saturated rings.